The number of unbranched alkanes of at least 4 members (excludes halogenated alkanes) is 1. The van der Waals surface area contributed by atoms with Gasteiger partial charge in [-0.2, -0.15) is 4.98 Å². The topological polar surface area (TPSA) is 49.6 Å². The average molecular weight is 405 g/mol. The van der Waals surface area contributed by atoms with Crippen molar-refractivity contribution in [1.82, 2.24) is 29.4 Å². The Hall–Kier alpha value is -1.18. The summed E-state index contributed by atoms with van der Waals surface area (Å²) in [6, 6.07) is 0.669. The van der Waals surface area contributed by atoms with E-state index < -0.39 is 0 Å². The van der Waals surface area contributed by atoms with E-state index >= 15 is 0 Å². The molecule has 0 spiro atoms. The van der Waals surface area contributed by atoms with Crippen molar-refractivity contribution < 1.29 is 0 Å². The lowest BCUT2D eigenvalue weighted by atomic mass is 10.1. The van der Waals surface area contributed by atoms with Gasteiger partial charge in [0, 0.05) is 49.4 Å². The van der Waals surface area contributed by atoms with Gasteiger partial charge >= 0.3 is 0 Å². The van der Waals surface area contributed by atoms with Crippen LogP contribution in [0.1, 0.15) is 57.0 Å². The van der Waals surface area contributed by atoms with Crippen LogP contribution in [0, 0.1) is 13.8 Å². The van der Waals surface area contributed by atoms with Crippen molar-refractivity contribution in [3.63, 3.8) is 0 Å². The van der Waals surface area contributed by atoms with Gasteiger partial charge in [0.1, 0.15) is 0 Å². The molecule has 6 nitrogen and oxygen atoms in total. The van der Waals surface area contributed by atoms with Gasteiger partial charge in [0.2, 0.25) is 5.16 Å². The van der Waals surface area contributed by atoms with E-state index in [4.69, 9.17) is 10.1 Å². The van der Waals surface area contributed by atoms with Crippen LogP contribution >= 0.6 is 11.8 Å². The molecule has 0 unspecified atom stereocenters. The average Bonchev–Trinajstić information content (AvgIpc) is 3.08. The summed E-state index contributed by atoms with van der Waals surface area (Å²) < 4.78 is 1.94. The van der Waals surface area contributed by atoms with Crippen molar-refractivity contribution in [2.24, 2.45) is 0 Å². The Balaban J connectivity index is 1.50. The molecule has 3 heterocycles. The van der Waals surface area contributed by atoms with Crippen LogP contribution in [0.25, 0.3) is 5.78 Å². The number of aromatic nitrogens is 4. The quantitative estimate of drug-likeness (QED) is 0.470. The lowest BCUT2D eigenvalue weighted by molar-refractivity contribution is 0.109. The zero-order valence-corrected chi connectivity index (χ0v) is 19.1. The summed E-state index contributed by atoms with van der Waals surface area (Å²) in [5.74, 6) is 1.80. The number of hydrogen-bond acceptors (Lipinski definition) is 6. The van der Waals surface area contributed by atoms with E-state index in [1.165, 1.54) is 63.2 Å². The number of hydrogen-bond donors (Lipinski definition) is 0. The predicted molar refractivity (Wildman–Crippen MR) is 117 cm³/mol. The summed E-state index contributed by atoms with van der Waals surface area (Å²) in [6.07, 6.45) is 4.64. The normalized spacial score (nSPS) is 16.5. The maximum atomic E-state index is 4.72. The van der Waals surface area contributed by atoms with Crippen LogP contribution in [0.15, 0.2) is 5.16 Å². The second kappa shape index (κ2) is 10.0. The summed E-state index contributed by atoms with van der Waals surface area (Å²) >= 11 is 1.76. The highest BCUT2D eigenvalue weighted by molar-refractivity contribution is 7.99. The highest BCUT2D eigenvalue weighted by Crippen LogP contribution is 2.20. The van der Waals surface area contributed by atoms with Gasteiger partial charge in [-0.25, -0.2) is 9.50 Å². The Morgan fingerprint density at radius 3 is 2.46 bits per heavy atom. The Morgan fingerprint density at radius 1 is 1.04 bits per heavy atom. The second-order valence-electron chi connectivity index (χ2n) is 8.14. The van der Waals surface area contributed by atoms with Crippen molar-refractivity contribution in [3.05, 3.63) is 17.0 Å². The molecule has 0 N–H and O–H groups in total. The predicted octanol–water partition coefficient (Wildman–Crippen LogP) is 3.59. The van der Waals surface area contributed by atoms with Crippen LogP contribution in [0.3, 0.4) is 0 Å². The van der Waals surface area contributed by atoms with Gasteiger partial charge in [-0.15, -0.1) is 5.10 Å². The Labute approximate surface area is 174 Å². The minimum Gasteiger partial charge on any atom is -0.301 e. The zero-order chi connectivity index (χ0) is 20.1. The SMILES string of the molecule is CCCCc1c(C)nc2nc(SCCCN3CCN(C(C)C)CC3)nn2c1C. The van der Waals surface area contributed by atoms with E-state index in [9.17, 15) is 0 Å². The van der Waals surface area contributed by atoms with E-state index in [2.05, 4.69) is 49.4 Å². The molecular weight excluding hydrogens is 368 g/mol. The molecule has 1 aliphatic heterocycles. The van der Waals surface area contributed by atoms with Gasteiger partial charge in [-0.3, -0.25) is 4.90 Å². The summed E-state index contributed by atoms with van der Waals surface area (Å²) in [5.41, 5.74) is 3.62. The van der Waals surface area contributed by atoms with Gasteiger partial charge in [0.15, 0.2) is 0 Å². The maximum Gasteiger partial charge on any atom is 0.253 e. The zero-order valence-electron chi connectivity index (χ0n) is 18.2. The molecule has 7 heteroatoms. The Bertz CT molecular complexity index is 764. The summed E-state index contributed by atoms with van der Waals surface area (Å²) in [4.78, 5) is 14.5. The maximum absolute atomic E-state index is 4.72. The number of rotatable bonds is 9. The Morgan fingerprint density at radius 2 is 1.79 bits per heavy atom. The van der Waals surface area contributed by atoms with Crippen LogP contribution in [-0.4, -0.2) is 73.9 Å². The highest BCUT2D eigenvalue weighted by atomic mass is 32.2. The van der Waals surface area contributed by atoms with Gasteiger partial charge in [-0.05, 0) is 59.1 Å². The van der Waals surface area contributed by atoms with E-state index in [0.717, 1.165) is 28.8 Å². The van der Waals surface area contributed by atoms with Gasteiger partial charge in [-0.1, -0.05) is 25.1 Å². The molecule has 2 aromatic rings. The van der Waals surface area contributed by atoms with Crippen LogP contribution in [0.2, 0.25) is 0 Å². The van der Waals surface area contributed by atoms with Crippen molar-refractivity contribution in [2.45, 2.75) is 71.5 Å². The summed E-state index contributed by atoms with van der Waals surface area (Å²) in [5, 5.41) is 5.58. The van der Waals surface area contributed by atoms with Crippen LogP contribution in [-0.2, 0) is 6.42 Å². The Kier molecular flexibility index (Phi) is 7.71. The van der Waals surface area contributed by atoms with Gasteiger partial charge in [0.05, 0.1) is 0 Å². The second-order valence-corrected chi connectivity index (χ2v) is 9.21. The van der Waals surface area contributed by atoms with E-state index in [1.54, 1.807) is 11.8 Å². The molecule has 0 radical (unpaired) electrons. The molecule has 0 bridgehead atoms. The molecule has 156 valence electrons. The first-order chi connectivity index (χ1) is 13.5. The third-order valence-electron chi connectivity index (χ3n) is 5.80. The first kappa shape index (κ1) is 21.5. The summed E-state index contributed by atoms with van der Waals surface area (Å²) in [6.45, 7) is 17.0. The van der Waals surface area contributed by atoms with E-state index in [0.29, 0.717) is 6.04 Å². The molecule has 3 rings (SSSR count). The first-order valence-electron chi connectivity index (χ1n) is 10.8. The van der Waals surface area contributed by atoms with Crippen LogP contribution in [0.4, 0.5) is 0 Å². The van der Waals surface area contributed by atoms with Crippen molar-refractivity contribution >= 4 is 17.5 Å². The number of thioether (sulfide) groups is 1. The fourth-order valence-electron chi connectivity index (χ4n) is 3.92. The number of fused-ring (bicyclic) bond motifs is 1. The monoisotopic (exact) mass is 404 g/mol. The smallest absolute Gasteiger partial charge is 0.253 e. The fourth-order valence-corrected chi connectivity index (χ4v) is 4.66. The van der Waals surface area contributed by atoms with Crippen LogP contribution in [0.5, 0.6) is 0 Å². The lowest BCUT2D eigenvalue weighted by Crippen LogP contribution is -2.48. The molecule has 0 aromatic carbocycles. The minimum absolute atomic E-state index is 0.669. The molecule has 0 aliphatic carbocycles. The van der Waals surface area contributed by atoms with Crippen LogP contribution < -0.4 is 0 Å². The highest BCUT2D eigenvalue weighted by Gasteiger charge is 2.18. The van der Waals surface area contributed by atoms with Crippen molar-refractivity contribution in [1.29, 1.82) is 0 Å². The third-order valence-corrected chi connectivity index (χ3v) is 6.72. The molecule has 1 fully saturated rings. The molecule has 28 heavy (non-hydrogen) atoms. The molecule has 1 aliphatic rings. The number of nitrogens with zero attached hydrogens (tertiary/aromatic N) is 6. The first-order valence-corrected chi connectivity index (χ1v) is 11.8. The number of piperazine rings is 1. The van der Waals surface area contributed by atoms with E-state index in [1.807, 2.05) is 4.52 Å². The largest absolute Gasteiger partial charge is 0.301 e. The fraction of sp³-hybridized carbons (Fsp3) is 0.762. The summed E-state index contributed by atoms with van der Waals surface area (Å²) in [7, 11) is 0. The third kappa shape index (κ3) is 5.24. The van der Waals surface area contributed by atoms with Gasteiger partial charge < -0.3 is 4.90 Å². The molecule has 0 amide bonds. The van der Waals surface area contributed by atoms with Crippen molar-refractivity contribution in [3.8, 4) is 0 Å². The minimum atomic E-state index is 0.669. The standard InChI is InChI=1S/C21H36N6S/c1-6-7-9-19-17(4)22-20-23-21(24-27(20)18(19)5)28-15-8-10-25-11-13-26(14-12-25)16(2)3/h16H,6-15H2,1-5H3. The molecular formula is C21H36N6S. The number of aryl methyl sites for hydroxylation is 2. The van der Waals surface area contributed by atoms with Gasteiger partial charge in [0.25, 0.3) is 5.78 Å². The lowest BCUT2D eigenvalue weighted by Gasteiger charge is -2.36. The van der Waals surface area contributed by atoms with Crippen molar-refractivity contribution in [2.75, 3.05) is 38.5 Å². The molecule has 0 atom stereocenters. The van der Waals surface area contributed by atoms with E-state index in [-0.39, 0.29) is 0 Å². The molecule has 2 aromatic heterocycles. The molecule has 1 saturated heterocycles. The molecule has 0 saturated carbocycles.